The molecule has 138 valence electrons. The smallest absolute Gasteiger partial charge is 0.338 e. The van der Waals surface area contributed by atoms with Gasteiger partial charge in [0, 0.05) is 24.7 Å². The molecule has 0 bridgehead atoms. The highest BCUT2D eigenvalue weighted by Crippen LogP contribution is 2.16. The molecule has 1 rings (SSSR count). The second-order valence-corrected chi connectivity index (χ2v) is 5.47. The van der Waals surface area contributed by atoms with Crippen LogP contribution in [0.5, 0.6) is 5.75 Å². The van der Waals surface area contributed by atoms with Gasteiger partial charge in [-0.2, -0.15) is 0 Å². The molecular weight excluding hydrogens is 328 g/mol. The first-order valence-corrected chi connectivity index (χ1v) is 8.01. The number of nitrogens with two attached hydrogens (primary N) is 1. The van der Waals surface area contributed by atoms with Crippen molar-refractivity contribution in [3.63, 3.8) is 0 Å². The van der Waals surface area contributed by atoms with Gasteiger partial charge in [0.25, 0.3) is 0 Å². The minimum atomic E-state index is -0.637. The SMILES string of the molecule is CCOC(=O)c1ccc(OC(CCCC(C)[N+](=O)[O-])NC(=N)N)cc1. The van der Waals surface area contributed by atoms with Gasteiger partial charge in [0.2, 0.25) is 6.04 Å². The maximum absolute atomic E-state index is 11.6. The quantitative estimate of drug-likeness (QED) is 0.146. The van der Waals surface area contributed by atoms with Crippen molar-refractivity contribution in [1.29, 1.82) is 5.41 Å². The number of hydrogen-bond acceptors (Lipinski definition) is 6. The van der Waals surface area contributed by atoms with Gasteiger partial charge >= 0.3 is 5.97 Å². The number of ether oxygens (including phenoxy) is 2. The molecule has 1 aromatic carbocycles. The molecule has 2 atom stereocenters. The van der Waals surface area contributed by atoms with Gasteiger partial charge < -0.3 is 20.5 Å². The summed E-state index contributed by atoms with van der Waals surface area (Å²) in [6.45, 7) is 3.57. The van der Waals surface area contributed by atoms with Gasteiger partial charge in [-0.3, -0.25) is 15.5 Å². The van der Waals surface area contributed by atoms with Crippen LogP contribution in [0, 0.1) is 15.5 Å². The minimum Gasteiger partial charge on any atom is -0.471 e. The maximum Gasteiger partial charge on any atom is 0.338 e. The Kier molecular flexibility index (Phi) is 8.17. The van der Waals surface area contributed by atoms with Crippen molar-refractivity contribution in [2.45, 2.75) is 45.4 Å². The highest BCUT2D eigenvalue weighted by Gasteiger charge is 2.16. The molecule has 0 saturated heterocycles. The van der Waals surface area contributed by atoms with Crippen LogP contribution in [-0.4, -0.2) is 35.7 Å². The third-order valence-corrected chi connectivity index (χ3v) is 3.41. The topological polar surface area (TPSA) is 141 Å². The Bertz CT molecular complexity index is 591. The summed E-state index contributed by atoms with van der Waals surface area (Å²) >= 11 is 0. The highest BCUT2D eigenvalue weighted by molar-refractivity contribution is 5.89. The second-order valence-electron chi connectivity index (χ2n) is 5.47. The van der Waals surface area contributed by atoms with E-state index in [9.17, 15) is 14.9 Å². The summed E-state index contributed by atoms with van der Waals surface area (Å²) in [4.78, 5) is 21.9. The Labute approximate surface area is 146 Å². The van der Waals surface area contributed by atoms with Gasteiger partial charge in [0.1, 0.15) is 5.75 Å². The predicted octanol–water partition coefficient (Wildman–Crippen LogP) is 1.89. The molecule has 1 aromatic rings. The Morgan fingerprint density at radius 3 is 2.52 bits per heavy atom. The highest BCUT2D eigenvalue weighted by atomic mass is 16.6. The van der Waals surface area contributed by atoms with Crippen LogP contribution in [-0.2, 0) is 4.74 Å². The van der Waals surface area contributed by atoms with Gasteiger partial charge in [-0.05, 0) is 37.6 Å². The van der Waals surface area contributed by atoms with E-state index >= 15 is 0 Å². The molecule has 0 aliphatic heterocycles. The molecule has 9 heteroatoms. The van der Waals surface area contributed by atoms with Crippen LogP contribution in [0.15, 0.2) is 24.3 Å². The van der Waals surface area contributed by atoms with Crippen LogP contribution in [0.25, 0.3) is 0 Å². The number of esters is 1. The van der Waals surface area contributed by atoms with Gasteiger partial charge in [0.05, 0.1) is 12.2 Å². The molecule has 0 fully saturated rings. The van der Waals surface area contributed by atoms with Gasteiger partial charge in [-0.15, -0.1) is 0 Å². The van der Waals surface area contributed by atoms with E-state index in [0.29, 0.717) is 37.2 Å². The Morgan fingerprint density at radius 1 is 1.36 bits per heavy atom. The Morgan fingerprint density at radius 2 is 2.00 bits per heavy atom. The summed E-state index contributed by atoms with van der Waals surface area (Å²) in [5.74, 6) is -0.189. The van der Waals surface area contributed by atoms with E-state index in [-0.39, 0.29) is 10.9 Å². The van der Waals surface area contributed by atoms with Crippen LogP contribution in [0.3, 0.4) is 0 Å². The van der Waals surface area contributed by atoms with E-state index in [1.54, 1.807) is 38.1 Å². The number of guanidine groups is 1. The molecule has 0 radical (unpaired) electrons. The van der Waals surface area contributed by atoms with Gasteiger partial charge in [-0.1, -0.05) is 0 Å². The average molecular weight is 352 g/mol. The third kappa shape index (κ3) is 7.51. The fourth-order valence-electron chi connectivity index (χ4n) is 2.09. The van der Waals surface area contributed by atoms with Crippen molar-refractivity contribution in [3.8, 4) is 5.75 Å². The van der Waals surface area contributed by atoms with Crippen LogP contribution >= 0.6 is 0 Å². The first kappa shape index (κ1) is 20.2. The van der Waals surface area contributed by atoms with Crippen molar-refractivity contribution in [3.05, 3.63) is 39.9 Å². The van der Waals surface area contributed by atoms with E-state index in [1.165, 1.54) is 0 Å². The number of carbonyl (C=O) groups excluding carboxylic acids is 1. The normalized spacial score (nSPS) is 12.7. The molecular formula is C16H24N4O5. The van der Waals surface area contributed by atoms with Gasteiger partial charge in [-0.25, -0.2) is 4.79 Å². The molecule has 25 heavy (non-hydrogen) atoms. The molecule has 2 unspecified atom stereocenters. The van der Waals surface area contributed by atoms with Crippen LogP contribution in [0.1, 0.15) is 43.5 Å². The third-order valence-electron chi connectivity index (χ3n) is 3.41. The summed E-state index contributed by atoms with van der Waals surface area (Å²) in [7, 11) is 0. The second kappa shape index (κ2) is 10.1. The summed E-state index contributed by atoms with van der Waals surface area (Å²) in [6, 6.07) is 5.74. The zero-order chi connectivity index (χ0) is 18.8. The molecule has 0 spiro atoms. The number of benzene rings is 1. The average Bonchev–Trinajstić information content (AvgIpc) is 2.54. The van der Waals surface area contributed by atoms with Gasteiger partial charge in [0.15, 0.2) is 12.2 Å². The van der Waals surface area contributed by atoms with E-state index < -0.39 is 18.2 Å². The first-order chi connectivity index (χ1) is 11.8. The number of nitrogens with one attached hydrogen (secondary N) is 2. The molecule has 9 nitrogen and oxygen atoms in total. The van der Waals surface area contributed by atoms with Crippen molar-refractivity contribution in [1.82, 2.24) is 5.32 Å². The van der Waals surface area contributed by atoms with Crippen molar-refractivity contribution < 1.29 is 19.2 Å². The predicted molar refractivity (Wildman–Crippen MR) is 92.2 cm³/mol. The van der Waals surface area contributed by atoms with E-state index in [2.05, 4.69) is 5.32 Å². The Balaban J connectivity index is 2.63. The fourth-order valence-corrected chi connectivity index (χ4v) is 2.09. The van der Waals surface area contributed by atoms with E-state index in [0.717, 1.165) is 0 Å². The minimum absolute atomic E-state index is 0.254. The number of carbonyl (C=O) groups is 1. The largest absolute Gasteiger partial charge is 0.471 e. The Hall–Kier alpha value is -2.84. The molecule has 0 aliphatic carbocycles. The van der Waals surface area contributed by atoms with Crippen LogP contribution in [0.2, 0.25) is 0 Å². The lowest BCUT2D eigenvalue weighted by molar-refractivity contribution is -0.519. The zero-order valence-corrected chi connectivity index (χ0v) is 14.4. The van der Waals surface area contributed by atoms with Crippen LogP contribution in [0.4, 0.5) is 0 Å². The lowest BCUT2D eigenvalue weighted by atomic mass is 10.1. The summed E-state index contributed by atoms with van der Waals surface area (Å²) in [5, 5.41) is 20.6. The molecule has 0 aliphatic rings. The van der Waals surface area contributed by atoms with E-state index in [1.807, 2.05) is 0 Å². The molecule has 0 saturated carbocycles. The summed E-state index contributed by atoms with van der Waals surface area (Å²) in [5.41, 5.74) is 5.75. The summed E-state index contributed by atoms with van der Waals surface area (Å²) in [6.07, 6.45) is 0.782. The zero-order valence-electron chi connectivity index (χ0n) is 14.4. The molecule has 4 N–H and O–H groups in total. The lowest BCUT2D eigenvalue weighted by Crippen LogP contribution is -2.42. The number of nitrogens with zero attached hydrogens (tertiary/aromatic N) is 1. The number of hydrogen-bond donors (Lipinski definition) is 3. The molecule has 0 heterocycles. The molecule has 0 aromatic heterocycles. The maximum atomic E-state index is 11.6. The van der Waals surface area contributed by atoms with E-state index in [4.69, 9.17) is 20.6 Å². The van der Waals surface area contributed by atoms with Crippen molar-refractivity contribution >= 4 is 11.9 Å². The lowest BCUT2D eigenvalue weighted by Gasteiger charge is -2.20. The summed E-state index contributed by atoms with van der Waals surface area (Å²) < 4.78 is 10.6. The molecule has 0 amide bonds. The first-order valence-electron chi connectivity index (χ1n) is 8.01. The van der Waals surface area contributed by atoms with Crippen molar-refractivity contribution in [2.75, 3.05) is 6.61 Å². The standard InChI is InChI=1S/C16H24N4O5/c1-3-24-15(21)12-7-9-13(10-8-12)25-14(19-16(17)18)6-4-5-11(2)20(22)23/h7-11,14H,3-6H2,1-2H3,(H4,17,18,19). The van der Waals surface area contributed by atoms with Crippen LogP contribution < -0.4 is 15.8 Å². The monoisotopic (exact) mass is 352 g/mol. The fraction of sp³-hybridized carbons (Fsp3) is 0.500. The number of nitro groups is 1. The van der Waals surface area contributed by atoms with Crippen molar-refractivity contribution in [2.24, 2.45) is 5.73 Å². The number of rotatable bonds is 10.